The van der Waals surface area contributed by atoms with Crippen LogP contribution in [0.25, 0.3) is 0 Å². The molecule has 0 aromatic heterocycles. The molecule has 2 aromatic carbocycles. The van der Waals surface area contributed by atoms with Crippen LogP contribution in [0.1, 0.15) is 17.0 Å². The molecule has 2 aromatic rings. The molecule has 1 heterocycles. The minimum absolute atomic E-state index is 0.0331. The Morgan fingerprint density at radius 1 is 1.30 bits per heavy atom. The van der Waals surface area contributed by atoms with Crippen molar-refractivity contribution >= 4 is 29.0 Å². The highest BCUT2D eigenvalue weighted by molar-refractivity contribution is 7.99. The fraction of sp³-hybridized carbons (Fsp3) is 0.188. The fourth-order valence-electron chi connectivity index (χ4n) is 2.33. The molecule has 3 rings (SSSR count). The Labute approximate surface area is 122 Å². The first-order valence-corrected chi connectivity index (χ1v) is 7.52. The lowest BCUT2D eigenvalue weighted by atomic mass is 10.0. The summed E-state index contributed by atoms with van der Waals surface area (Å²) in [6.07, 6.45) is 0. The molecule has 1 aliphatic heterocycles. The van der Waals surface area contributed by atoms with Crippen LogP contribution in [0.15, 0.2) is 47.4 Å². The SMILES string of the molecule is Cc1ccc(NC(=O)C2CSc3ccccc32)cc1N. The molecule has 1 aliphatic rings. The predicted molar refractivity (Wildman–Crippen MR) is 84.1 cm³/mol. The molecule has 0 aliphatic carbocycles. The fourth-order valence-corrected chi connectivity index (χ4v) is 3.56. The van der Waals surface area contributed by atoms with Crippen molar-refractivity contribution in [1.29, 1.82) is 0 Å². The molecule has 3 N–H and O–H groups in total. The van der Waals surface area contributed by atoms with Crippen LogP contribution in [-0.2, 0) is 4.79 Å². The van der Waals surface area contributed by atoms with E-state index < -0.39 is 0 Å². The Morgan fingerprint density at radius 3 is 2.90 bits per heavy atom. The number of hydrogen-bond donors (Lipinski definition) is 2. The Morgan fingerprint density at radius 2 is 2.10 bits per heavy atom. The average molecular weight is 284 g/mol. The van der Waals surface area contributed by atoms with Gasteiger partial charge in [0.1, 0.15) is 0 Å². The molecule has 0 bridgehead atoms. The van der Waals surface area contributed by atoms with Crippen LogP contribution in [-0.4, -0.2) is 11.7 Å². The second-order valence-electron chi connectivity index (χ2n) is 4.96. The number of benzene rings is 2. The minimum atomic E-state index is -0.0845. The first kappa shape index (κ1) is 13.1. The van der Waals surface area contributed by atoms with Gasteiger partial charge in [0.25, 0.3) is 0 Å². The maximum absolute atomic E-state index is 12.4. The zero-order chi connectivity index (χ0) is 14.1. The van der Waals surface area contributed by atoms with Crippen molar-refractivity contribution in [2.24, 2.45) is 0 Å². The van der Waals surface area contributed by atoms with Gasteiger partial charge in [0.2, 0.25) is 5.91 Å². The predicted octanol–water partition coefficient (Wildman–Crippen LogP) is 3.41. The van der Waals surface area contributed by atoms with Gasteiger partial charge >= 0.3 is 0 Å². The molecule has 1 amide bonds. The zero-order valence-corrected chi connectivity index (χ0v) is 12.0. The Bertz CT molecular complexity index is 669. The molecule has 20 heavy (non-hydrogen) atoms. The number of aryl methyl sites for hydroxylation is 1. The Hall–Kier alpha value is -1.94. The first-order chi connectivity index (χ1) is 9.65. The summed E-state index contributed by atoms with van der Waals surface area (Å²) < 4.78 is 0. The number of nitrogen functional groups attached to an aromatic ring is 1. The molecule has 102 valence electrons. The highest BCUT2D eigenvalue weighted by atomic mass is 32.2. The number of fused-ring (bicyclic) bond motifs is 1. The van der Waals surface area contributed by atoms with E-state index in [1.165, 1.54) is 4.90 Å². The van der Waals surface area contributed by atoms with Gasteiger partial charge < -0.3 is 11.1 Å². The maximum atomic E-state index is 12.4. The largest absolute Gasteiger partial charge is 0.398 e. The zero-order valence-electron chi connectivity index (χ0n) is 11.2. The van der Waals surface area contributed by atoms with Crippen LogP contribution >= 0.6 is 11.8 Å². The average Bonchev–Trinajstić information content (AvgIpc) is 2.87. The number of carbonyl (C=O) groups excluding carboxylic acids is 1. The number of rotatable bonds is 2. The second-order valence-corrected chi connectivity index (χ2v) is 6.02. The van der Waals surface area contributed by atoms with E-state index in [-0.39, 0.29) is 11.8 Å². The van der Waals surface area contributed by atoms with Gasteiger partial charge in [0.05, 0.1) is 5.92 Å². The number of anilines is 2. The van der Waals surface area contributed by atoms with Crippen LogP contribution in [0, 0.1) is 6.92 Å². The standard InChI is InChI=1S/C16H16N2OS/c1-10-6-7-11(8-14(10)17)18-16(19)13-9-20-15-5-3-2-4-12(13)15/h2-8,13H,9,17H2,1H3,(H,18,19). The van der Waals surface area contributed by atoms with E-state index in [9.17, 15) is 4.79 Å². The third-order valence-electron chi connectivity index (χ3n) is 3.56. The number of nitrogens with two attached hydrogens (primary N) is 1. The van der Waals surface area contributed by atoms with Crippen molar-refractivity contribution in [3.05, 3.63) is 53.6 Å². The van der Waals surface area contributed by atoms with Crippen molar-refractivity contribution < 1.29 is 4.79 Å². The number of nitrogens with one attached hydrogen (secondary N) is 1. The van der Waals surface area contributed by atoms with Gasteiger partial charge in [-0.15, -0.1) is 11.8 Å². The molecule has 4 heteroatoms. The number of hydrogen-bond acceptors (Lipinski definition) is 3. The molecule has 1 atom stereocenters. The normalized spacial score (nSPS) is 16.8. The van der Waals surface area contributed by atoms with Gasteiger partial charge in [-0.05, 0) is 36.2 Å². The summed E-state index contributed by atoms with van der Waals surface area (Å²) in [7, 11) is 0. The summed E-state index contributed by atoms with van der Waals surface area (Å²) in [6.45, 7) is 1.95. The maximum Gasteiger partial charge on any atom is 0.232 e. The van der Waals surface area contributed by atoms with Crippen molar-refractivity contribution in [3.63, 3.8) is 0 Å². The van der Waals surface area contributed by atoms with Crippen LogP contribution < -0.4 is 11.1 Å². The summed E-state index contributed by atoms with van der Waals surface area (Å²) in [4.78, 5) is 13.6. The van der Waals surface area contributed by atoms with E-state index in [1.807, 2.05) is 37.3 Å². The number of thioether (sulfide) groups is 1. The van der Waals surface area contributed by atoms with Crippen LogP contribution in [0.4, 0.5) is 11.4 Å². The van der Waals surface area contributed by atoms with Gasteiger partial charge in [0, 0.05) is 22.0 Å². The summed E-state index contributed by atoms with van der Waals surface area (Å²) in [5.41, 5.74) is 9.46. The smallest absolute Gasteiger partial charge is 0.232 e. The molecule has 1 unspecified atom stereocenters. The molecule has 3 nitrogen and oxygen atoms in total. The Kier molecular flexibility index (Phi) is 3.40. The minimum Gasteiger partial charge on any atom is -0.398 e. The van der Waals surface area contributed by atoms with Crippen molar-refractivity contribution in [2.45, 2.75) is 17.7 Å². The van der Waals surface area contributed by atoms with Gasteiger partial charge in [-0.1, -0.05) is 24.3 Å². The molecule has 0 saturated carbocycles. The highest BCUT2D eigenvalue weighted by Crippen LogP contribution is 2.39. The highest BCUT2D eigenvalue weighted by Gasteiger charge is 2.28. The molecular formula is C16H16N2OS. The van der Waals surface area contributed by atoms with E-state index in [4.69, 9.17) is 5.73 Å². The topological polar surface area (TPSA) is 55.1 Å². The van der Waals surface area contributed by atoms with Gasteiger partial charge in [0.15, 0.2) is 0 Å². The summed E-state index contributed by atoms with van der Waals surface area (Å²) >= 11 is 1.73. The van der Waals surface area contributed by atoms with Crippen molar-refractivity contribution in [3.8, 4) is 0 Å². The summed E-state index contributed by atoms with van der Waals surface area (Å²) in [5, 5.41) is 2.96. The summed E-state index contributed by atoms with van der Waals surface area (Å²) in [6, 6.07) is 13.7. The van der Waals surface area contributed by atoms with E-state index >= 15 is 0 Å². The van der Waals surface area contributed by atoms with Gasteiger partial charge in [-0.25, -0.2) is 0 Å². The number of amides is 1. The molecule has 0 spiro atoms. The Balaban J connectivity index is 1.79. The van der Waals surface area contributed by atoms with E-state index in [0.29, 0.717) is 5.69 Å². The molecule has 0 radical (unpaired) electrons. The van der Waals surface area contributed by atoms with Gasteiger partial charge in [-0.3, -0.25) is 4.79 Å². The quantitative estimate of drug-likeness (QED) is 0.831. The van der Waals surface area contributed by atoms with Crippen LogP contribution in [0.2, 0.25) is 0 Å². The van der Waals surface area contributed by atoms with Crippen molar-refractivity contribution in [1.82, 2.24) is 0 Å². The third kappa shape index (κ3) is 2.39. The van der Waals surface area contributed by atoms with Gasteiger partial charge in [-0.2, -0.15) is 0 Å². The first-order valence-electron chi connectivity index (χ1n) is 6.54. The van der Waals surface area contributed by atoms with Crippen LogP contribution in [0.3, 0.4) is 0 Å². The van der Waals surface area contributed by atoms with Crippen molar-refractivity contribution in [2.75, 3.05) is 16.8 Å². The summed E-state index contributed by atoms with van der Waals surface area (Å²) in [5.74, 6) is 0.747. The second kappa shape index (κ2) is 5.21. The van der Waals surface area contributed by atoms with E-state index in [2.05, 4.69) is 11.4 Å². The molecule has 0 fully saturated rings. The van der Waals surface area contributed by atoms with E-state index in [1.54, 1.807) is 17.8 Å². The van der Waals surface area contributed by atoms with Crippen LogP contribution in [0.5, 0.6) is 0 Å². The monoisotopic (exact) mass is 284 g/mol. The van der Waals surface area contributed by atoms with E-state index in [0.717, 1.165) is 22.6 Å². The number of carbonyl (C=O) groups is 1. The third-order valence-corrected chi connectivity index (χ3v) is 4.75. The molecular weight excluding hydrogens is 268 g/mol. The lowest BCUT2D eigenvalue weighted by molar-refractivity contribution is -0.117. The lowest BCUT2D eigenvalue weighted by Crippen LogP contribution is -2.21. The lowest BCUT2D eigenvalue weighted by Gasteiger charge is -2.12. The molecule has 0 saturated heterocycles.